The van der Waals surface area contributed by atoms with E-state index in [1.165, 1.54) is 17.3 Å². The first-order chi connectivity index (χ1) is 14.5. The second kappa shape index (κ2) is 8.35. The molecule has 1 atom stereocenters. The number of hydrogen-bond donors (Lipinski definition) is 0. The normalized spacial score (nSPS) is 14.9. The molecule has 0 radical (unpaired) electrons. The molecule has 0 spiro atoms. The molecule has 8 heteroatoms. The summed E-state index contributed by atoms with van der Waals surface area (Å²) in [6.07, 6.45) is 2.52. The molecule has 1 aliphatic rings. The first-order valence-electron chi connectivity index (χ1n) is 9.74. The van der Waals surface area contributed by atoms with Gasteiger partial charge in [-0.1, -0.05) is 58.4 Å². The Labute approximate surface area is 188 Å². The van der Waals surface area contributed by atoms with Crippen molar-refractivity contribution in [1.82, 2.24) is 10.1 Å². The summed E-state index contributed by atoms with van der Waals surface area (Å²) in [5.41, 5.74) is 3.81. The molecule has 0 N–H and O–H groups in total. The molecule has 30 heavy (non-hydrogen) atoms. The standard InChI is InChI=1S/C22H21BrN4O2S/c1-4-13-6-8-14(9-7-13)21-26(18(28)5-2)17-11-10-15(23)12-16(17)19-20(29)24-22(30-3)25-27(19)21/h6-12,21H,4-5H2,1-3H3. The zero-order valence-corrected chi connectivity index (χ0v) is 19.3. The molecule has 1 amide bonds. The van der Waals surface area contributed by atoms with E-state index < -0.39 is 6.17 Å². The highest BCUT2D eigenvalue weighted by Gasteiger charge is 2.44. The number of halogens is 1. The molecule has 1 aromatic heterocycles. The van der Waals surface area contributed by atoms with Crippen molar-refractivity contribution in [1.29, 1.82) is 0 Å². The van der Waals surface area contributed by atoms with Gasteiger partial charge in [0.05, 0.1) is 17.1 Å². The first-order valence-corrected chi connectivity index (χ1v) is 11.8. The predicted octanol–water partition coefficient (Wildman–Crippen LogP) is 3.86. The number of fused-ring (bicyclic) bond motifs is 3. The average molecular weight is 485 g/mol. The second-order valence-electron chi connectivity index (χ2n) is 6.94. The quantitative estimate of drug-likeness (QED) is 0.415. The molecule has 2 heterocycles. The van der Waals surface area contributed by atoms with E-state index in [2.05, 4.69) is 45.1 Å². The fraction of sp³-hybridized carbons (Fsp3) is 0.273. The van der Waals surface area contributed by atoms with Crippen molar-refractivity contribution in [2.45, 2.75) is 38.0 Å². The van der Waals surface area contributed by atoms with Crippen molar-refractivity contribution in [3.8, 4) is 17.1 Å². The third-order valence-corrected chi connectivity index (χ3v) is 6.24. The van der Waals surface area contributed by atoms with Crippen molar-refractivity contribution in [2.24, 2.45) is 0 Å². The van der Waals surface area contributed by atoms with E-state index in [1.54, 1.807) is 9.58 Å². The Morgan fingerprint density at radius 1 is 1.23 bits per heavy atom. The lowest BCUT2D eigenvalue weighted by Gasteiger charge is -2.33. The SMILES string of the molecule is CCC(=O)N1c2ccc(Br)cc2-c2c([O-])nc(SC)n[n+]2C1c1ccc(CC)cc1. The maximum absolute atomic E-state index is 13.1. The van der Waals surface area contributed by atoms with Gasteiger partial charge in [0.15, 0.2) is 0 Å². The van der Waals surface area contributed by atoms with Crippen LogP contribution in [0.15, 0.2) is 52.1 Å². The van der Waals surface area contributed by atoms with Gasteiger partial charge in [-0.3, -0.25) is 4.79 Å². The summed E-state index contributed by atoms with van der Waals surface area (Å²) in [6.45, 7) is 3.94. The molecule has 0 bridgehead atoms. The fourth-order valence-corrected chi connectivity index (χ4v) is 4.42. The molecule has 154 valence electrons. The zero-order valence-electron chi connectivity index (χ0n) is 16.9. The third kappa shape index (κ3) is 3.48. The van der Waals surface area contributed by atoms with E-state index in [0.717, 1.165) is 16.5 Å². The molecular formula is C22H21BrN4O2S. The number of thioether (sulfide) groups is 1. The molecule has 1 aliphatic heterocycles. The number of anilines is 1. The van der Waals surface area contributed by atoms with Gasteiger partial charge in [0.1, 0.15) is 0 Å². The summed E-state index contributed by atoms with van der Waals surface area (Å²) < 4.78 is 2.47. The molecule has 2 aromatic carbocycles. The van der Waals surface area contributed by atoms with E-state index in [-0.39, 0.29) is 11.8 Å². The van der Waals surface area contributed by atoms with Crippen molar-refractivity contribution < 1.29 is 14.6 Å². The van der Waals surface area contributed by atoms with Crippen LogP contribution < -0.4 is 14.7 Å². The topological polar surface area (TPSA) is 73.0 Å². The molecule has 0 fully saturated rings. The Morgan fingerprint density at radius 2 is 1.97 bits per heavy atom. The number of benzene rings is 2. The van der Waals surface area contributed by atoms with Crippen LogP contribution in [0, 0.1) is 0 Å². The summed E-state index contributed by atoms with van der Waals surface area (Å²) in [5.74, 6) is -0.398. The molecule has 3 aromatic rings. The lowest BCUT2D eigenvalue weighted by Crippen LogP contribution is -2.59. The highest BCUT2D eigenvalue weighted by Crippen LogP contribution is 2.42. The van der Waals surface area contributed by atoms with Gasteiger partial charge in [0.2, 0.25) is 5.91 Å². The van der Waals surface area contributed by atoms with Crippen LogP contribution in [0.2, 0.25) is 0 Å². The van der Waals surface area contributed by atoms with Gasteiger partial charge in [-0.15, -0.1) is 0 Å². The lowest BCUT2D eigenvalue weighted by molar-refractivity contribution is -0.764. The van der Waals surface area contributed by atoms with E-state index in [0.29, 0.717) is 28.5 Å². The van der Waals surface area contributed by atoms with Crippen LogP contribution in [-0.2, 0) is 11.2 Å². The second-order valence-corrected chi connectivity index (χ2v) is 8.63. The number of aromatic nitrogens is 3. The van der Waals surface area contributed by atoms with Crippen molar-refractivity contribution in [3.63, 3.8) is 0 Å². The number of carbonyl (C=O) groups is 1. The number of aryl methyl sites for hydroxylation is 1. The molecule has 0 aliphatic carbocycles. The minimum absolute atomic E-state index is 0.0435. The predicted molar refractivity (Wildman–Crippen MR) is 118 cm³/mol. The minimum atomic E-state index is -0.561. The molecule has 0 saturated carbocycles. The van der Waals surface area contributed by atoms with E-state index in [4.69, 9.17) is 0 Å². The maximum atomic E-state index is 13.1. The summed E-state index contributed by atoms with van der Waals surface area (Å²) in [6, 6.07) is 13.7. The Bertz CT molecular complexity index is 1120. The van der Waals surface area contributed by atoms with Crippen LogP contribution in [0.4, 0.5) is 5.69 Å². The van der Waals surface area contributed by atoms with Crippen molar-refractivity contribution in [3.05, 3.63) is 58.1 Å². The molecular weight excluding hydrogens is 464 g/mol. The van der Waals surface area contributed by atoms with Crippen LogP contribution in [0.1, 0.15) is 37.6 Å². The summed E-state index contributed by atoms with van der Waals surface area (Å²) in [4.78, 5) is 19.0. The van der Waals surface area contributed by atoms with Crippen LogP contribution in [0.3, 0.4) is 0 Å². The molecule has 0 saturated heterocycles. The Kier molecular flexibility index (Phi) is 5.79. The van der Waals surface area contributed by atoms with Crippen LogP contribution >= 0.6 is 27.7 Å². The first kappa shape index (κ1) is 20.8. The van der Waals surface area contributed by atoms with Crippen molar-refractivity contribution >= 4 is 39.3 Å². The Morgan fingerprint density at radius 3 is 2.60 bits per heavy atom. The largest absolute Gasteiger partial charge is 0.854 e. The number of hydrogen-bond acceptors (Lipinski definition) is 5. The molecule has 1 unspecified atom stereocenters. The molecule has 4 rings (SSSR count). The molecule has 6 nitrogen and oxygen atoms in total. The number of rotatable bonds is 4. The van der Waals surface area contributed by atoms with Crippen LogP contribution in [0.5, 0.6) is 5.88 Å². The van der Waals surface area contributed by atoms with E-state index in [9.17, 15) is 9.90 Å². The van der Waals surface area contributed by atoms with Gasteiger partial charge in [-0.2, -0.15) is 0 Å². The monoisotopic (exact) mass is 484 g/mol. The third-order valence-electron chi connectivity index (χ3n) is 5.21. The summed E-state index contributed by atoms with van der Waals surface area (Å²) in [7, 11) is 0. The van der Waals surface area contributed by atoms with Gasteiger partial charge in [-0.25, -0.2) is 9.88 Å². The van der Waals surface area contributed by atoms with Crippen molar-refractivity contribution in [2.75, 3.05) is 11.2 Å². The van der Waals surface area contributed by atoms with Crippen LogP contribution in [0.25, 0.3) is 11.3 Å². The Hall–Kier alpha value is -2.45. The van der Waals surface area contributed by atoms with E-state index in [1.807, 2.05) is 43.5 Å². The van der Waals surface area contributed by atoms with Gasteiger partial charge in [-0.05, 0) is 48.6 Å². The average Bonchev–Trinajstić information content (AvgIpc) is 2.77. The number of nitrogens with zero attached hydrogens (tertiary/aromatic N) is 4. The van der Waals surface area contributed by atoms with Gasteiger partial charge in [0, 0.05) is 21.6 Å². The lowest BCUT2D eigenvalue weighted by atomic mass is 10.00. The summed E-state index contributed by atoms with van der Waals surface area (Å²) >= 11 is 4.79. The zero-order chi connectivity index (χ0) is 21.4. The minimum Gasteiger partial charge on any atom is -0.854 e. The number of amides is 1. The highest BCUT2D eigenvalue weighted by atomic mass is 79.9. The van der Waals surface area contributed by atoms with E-state index >= 15 is 0 Å². The smallest absolute Gasteiger partial charge is 0.293 e. The van der Waals surface area contributed by atoms with Gasteiger partial charge >= 0.3 is 0 Å². The maximum Gasteiger partial charge on any atom is 0.293 e. The highest BCUT2D eigenvalue weighted by molar-refractivity contribution is 9.10. The Balaban J connectivity index is 2.05. The van der Waals surface area contributed by atoms with Gasteiger partial charge in [0.25, 0.3) is 17.0 Å². The fourth-order valence-electron chi connectivity index (χ4n) is 3.71. The van der Waals surface area contributed by atoms with Gasteiger partial charge < -0.3 is 5.11 Å². The summed E-state index contributed by atoms with van der Waals surface area (Å²) in [5, 5.41) is 18.1. The number of carbonyl (C=O) groups excluding carboxylic acids is 1. The van der Waals surface area contributed by atoms with Crippen LogP contribution in [-0.4, -0.2) is 22.2 Å².